The van der Waals surface area contributed by atoms with Gasteiger partial charge in [0.2, 0.25) is 0 Å². The van der Waals surface area contributed by atoms with Gasteiger partial charge in [-0.15, -0.1) is 11.8 Å². The van der Waals surface area contributed by atoms with E-state index in [0.717, 1.165) is 51.3 Å². The molecule has 204 valence electrons. The molecule has 3 saturated heterocycles. The Labute approximate surface area is 204 Å². The van der Waals surface area contributed by atoms with Crippen molar-refractivity contribution >= 4 is 23.7 Å². The molecule has 2 N–H and O–H groups in total. The highest BCUT2D eigenvalue weighted by molar-refractivity contribution is 8.01. The molecule has 0 saturated carbocycles. The van der Waals surface area contributed by atoms with Crippen molar-refractivity contribution in [2.45, 2.75) is 48.5 Å². The Morgan fingerprint density at radius 1 is 1.08 bits per heavy atom. The lowest BCUT2D eigenvalue weighted by atomic mass is 9.89. The predicted octanol–water partition coefficient (Wildman–Crippen LogP) is 3.61. The maximum Gasteiger partial charge on any atom is 0.490 e. The van der Waals surface area contributed by atoms with Crippen molar-refractivity contribution in [2.75, 3.05) is 32.1 Å². The molecule has 1 unspecified atom stereocenters. The molecule has 3 fully saturated rings. The van der Waals surface area contributed by atoms with Gasteiger partial charge in [0.05, 0.1) is 0 Å². The number of halogens is 7. The van der Waals surface area contributed by atoms with Crippen LogP contribution in [0.1, 0.15) is 19.3 Å². The van der Waals surface area contributed by atoms with Crippen molar-refractivity contribution < 1.29 is 60.0 Å². The number of hydrogen-bond acceptors (Lipinski definition) is 7. The van der Waals surface area contributed by atoms with Gasteiger partial charge >= 0.3 is 24.3 Å². The van der Waals surface area contributed by atoms with E-state index in [4.69, 9.17) is 29.3 Å². The average Bonchev–Trinajstić information content (AvgIpc) is 3.19. The van der Waals surface area contributed by atoms with E-state index in [1.807, 2.05) is 11.8 Å². The number of aromatic nitrogens is 1. The number of rotatable bonds is 3. The van der Waals surface area contributed by atoms with Crippen LogP contribution in [0.5, 0.6) is 5.88 Å². The number of likely N-dealkylation sites (tertiary alicyclic amines) is 1. The van der Waals surface area contributed by atoms with Crippen LogP contribution in [0.4, 0.5) is 30.7 Å². The quantitative estimate of drug-likeness (QED) is 0.544. The molecular formula is C20H23F7N2O6S. The van der Waals surface area contributed by atoms with Gasteiger partial charge in [0.1, 0.15) is 6.10 Å². The van der Waals surface area contributed by atoms with Crippen LogP contribution >= 0.6 is 11.8 Å². The van der Waals surface area contributed by atoms with Gasteiger partial charge in [0.15, 0.2) is 5.82 Å². The summed E-state index contributed by atoms with van der Waals surface area (Å²) in [6, 6.07) is 3.68. The number of thioether (sulfide) groups is 1. The standard InChI is InChI=1S/C16H21FN2O2S.2C2HF3O2/c17-14-2-1-5-18-15(14)21-13-8-16(22-9-13)10-19(11-16)12-3-6-20-7-4-12;2*3-2(4,5)1(6)7/h1-2,5,12-13H,3-4,6-11H2;2*(H,6,7). The first-order chi connectivity index (χ1) is 16.6. The molecule has 1 atom stereocenters. The summed E-state index contributed by atoms with van der Waals surface area (Å²) in [6.07, 6.45) is -5.22. The lowest BCUT2D eigenvalue weighted by Gasteiger charge is -2.52. The molecule has 1 aromatic rings. The summed E-state index contributed by atoms with van der Waals surface area (Å²) in [4.78, 5) is 24.4. The van der Waals surface area contributed by atoms with Crippen molar-refractivity contribution in [3.8, 4) is 5.88 Å². The van der Waals surface area contributed by atoms with Crippen LogP contribution in [-0.2, 0) is 14.3 Å². The summed E-state index contributed by atoms with van der Waals surface area (Å²) in [5, 5.41) is 14.2. The second-order valence-electron chi connectivity index (χ2n) is 8.08. The van der Waals surface area contributed by atoms with Gasteiger partial charge in [-0.3, -0.25) is 4.90 Å². The van der Waals surface area contributed by atoms with Gasteiger partial charge in [-0.05, 0) is 25.0 Å². The number of nitrogens with zero attached hydrogens (tertiary/aromatic N) is 2. The zero-order valence-corrected chi connectivity index (χ0v) is 19.3. The number of alkyl halides is 6. The van der Waals surface area contributed by atoms with Crippen LogP contribution < -0.4 is 4.74 Å². The van der Waals surface area contributed by atoms with Crippen LogP contribution in [0, 0.1) is 5.82 Å². The van der Waals surface area contributed by atoms with E-state index in [9.17, 15) is 30.7 Å². The zero-order chi connectivity index (χ0) is 27.1. The molecule has 4 heterocycles. The van der Waals surface area contributed by atoms with Crippen LogP contribution in [0.3, 0.4) is 0 Å². The van der Waals surface area contributed by atoms with Crippen molar-refractivity contribution in [2.24, 2.45) is 0 Å². The summed E-state index contributed by atoms with van der Waals surface area (Å²) in [5.41, 5.74) is 0. The summed E-state index contributed by atoms with van der Waals surface area (Å²) < 4.78 is 88.6. The fourth-order valence-corrected chi connectivity index (χ4v) is 5.26. The van der Waals surface area contributed by atoms with E-state index in [-0.39, 0.29) is 17.8 Å². The normalized spacial score (nSPS) is 21.9. The molecule has 4 rings (SSSR count). The first kappa shape index (κ1) is 29.9. The summed E-state index contributed by atoms with van der Waals surface area (Å²) in [6.45, 7) is 4.05. The minimum atomic E-state index is -5.08. The van der Waals surface area contributed by atoms with E-state index >= 15 is 0 Å². The van der Waals surface area contributed by atoms with Gasteiger partial charge < -0.3 is 19.7 Å². The molecule has 8 nitrogen and oxygen atoms in total. The topological polar surface area (TPSA) is 109 Å². The SMILES string of the molecule is Fc1cccnc1OC1CSC2(C1)CN(C1CCOCC1)C2.O=C(O)C(F)(F)F.O=C(O)C(F)(F)F. The van der Waals surface area contributed by atoms with Crippen molar-refractivity contribution in [3.63, 3.8) is 0 Å². The van der Waals surface area contributed by atoms with E-state index in [0.29, 0.717) is 10.8 Å². The average molecular weight is 552 g/mol. The Kier molecular flexibility index (Phi) is 10.2. The minimum Gasteiger partial charge on any atom is -0.475 e. The third kappa shape index (κ3) is 8.96. The molecule has 0 bridgehead atoms. The molecule has 3 aliphatic heterocycles. The first-order valence-corrected chi connectivity index (χ1v) is 11.4. The molecule has 1 aromatic heterocycles. The molecule has 0 aliphatic carbocycles. The summed E-state index contributed by atoms with van der Waals surface area (Å²) >= 11 is 1.98. The largest absolute Gasteiger partial charge is 0.490 e. The van der Waals surface area contributed by atoms with E-state index in [1.54, 1.807) is 12.3 Å². The maximum atomic E-state index is 13.6. The first-order valence-electron chi connectivity index (χ1n) is 10.5. The highest BCUT2D eigenvalue weighted by Crippen LogP contribution is 2.47. The minimum absolute atomic E-state index is 0.0752. The molecule has 36 heavy (non-hydrogen) atoms. The molecule has 3 aliphatic rings. The fourth-order valence-electron chi connectivity index (χ4n) is 3.72. The van der Waals surface area contributed by atoms with Crippen LogP contribution in [-0.4, -0.2) is 93.3 Å². The second kappa shape index (κ2) is 12.3. The number of hydrogen-bond donors (Lipinski definition) is 2. The third-order valence-electron chi connectivity index (χ3n) is 5.35. The van der Waals surface area contributed by atoms with Crippen LogP contribution in [0.25, 0.3) is 0 Å². The van der Waals surface area contributed by atoms with E-state index in [1.165, 1.54) is 6.07 Å². The number of aliphatic carboxylic acids is 2. The molecule has 0 aromatic carbocycles. The molecule has 1 spiro atoms. The third-order valence-corrected chi connectivity index (χ3v) is 6.93. The fraction of sp³-hybridized carbons (Fsp3) is 0.650. The van der Waals surface area contributed by atoms with Crippen molar-refractivity contribution in [1.82, 2.24) is 9.88 Å². The maximum absolute atomic E-state index is 13.6. The smallest absolute Gasteiger partial charge is 0.475 e. The zero-order valence-electron chi connectivity index (χ0n) is 18.5. The van der Waals surface area contributed by atoms with Gasteiger partial charge in [-0.2, -0.15) is 26.3 Å². The number of pyridine rings is 1. The van der Waals surface area contributed by atoms with E-state index in [2.05, 4.69) is 9.88 Å². The predicted molar refractivity (Wildman–Crippen MR) is 111 cm³/mol. The highest BCUT2D eigenvalue weighted by atomic mass is 32.2. The van der Waals surface area contributed by atoms with Crippen LogP contribution in [0.15, 0.2) is 18.3 Å². The van der Waals surface area contributed by atoms with Gasteiger partial charge in [0.25, 0.3) is 5.88 Å². The molecule has 0 amide bonds. The lowest BCUT2D eigenvalue weighted by Crippen LogP contribution is -2.62. The Bertz CT molecular complexity index is 866. The molecule has 16 heteroatoms. The highest BCUT2D eigenvalue weighted by Gasteiger charge is 2.51. The summed E-state index contributed by atoms with van der Waals surface area (Å²) in [5.74, 6) is -4.81. The van der Waals surface area contributed by atoms with Gasteiger partial charge in [-0.25, -0.2) is 19.0 Å². The Morgan fingerprint density at radius 2 is 1.61 bits per heavy atom. The van der Waals surface area contributed by atoms with Gasteiger partial charge in [-0.1, -0.05) is 0 Å². The Balaban J connectivity index is 0.000000271. The Hall–Kier alpha value is -2.33. The number of ether oxygens (including phenoxy) is 2. The van der Waals surface area contributed by atoms with E-state index < -0.39 is 24.3 Å². The summed E-state index contributed by atoms with van der Waals surface area (Å²) in [7, 11) is 0. The van der Waals surface area contributed by atoms with Gasteiger partial charge in [0, 0.05) is 55.5 Å². The molecular weight excluding hydrogens is 529 g/mol. The lowest BCUT2D eigenvalue weighted by molar-refractivity contribution is -0.193. The number of carboxylic acid groups (broad SMARTS) is 2. The Morgan fingerprint density at radius 3 is 2.08 bits per heavy atom. The van der Waals surface area contributed by atoms with Crippen molar-refractivity contribution in [3.05, 3.63) is 24.1 Å². The monoisotopic (exact) mass is 552 g/mol. The second-order valence-corrected chi connectivity index (χ2v) is 9.57. The number of carboxylic acids is 2. The van der Waals surface area contributed by atoms with Crippen LogP contribution in [0.2, 0.25) is 0 Å². The van der Waals surface area contributed by atoms with Crippen molar-refractivity contribution in [1.29, 1.82) is 0 Å². The molecule has 0 radical (unpaired) electrons. The number of carbonyl (C=O) groups is 2.